The summed E-state index contributed by atoms with van der Waals surface area (Å²) in [5, 5.41) is 0.524. The lowest BCUT2D eigenvalue weighted by Gasteiger charge is -2.33. The molecule has 0 fully saturated rings. The fraction of sp³-hybridized carbons (Fsp3) is 0.0870. The molecule has 2 atom stereocenters. The molecular formula is C23H17ClN2. The third-order valence-electron chi connectivity index (χ3n) is 5.18. The number of pyridine rings is 1. The zero-order chi connectivity index (χ0) is 17.5. The average Bonchev–Trinajstić information content (AvgIpc) is 3.03. The van der Waals surface area contributed by atoms with Crippen molar-refractivity contribution >= 4 is 28.5 Å². The number of anilines is 2. The number of allylic oxidation sites excluding steroid dienone is 2. The lowest BCUT2D eigenvalue weighted by Crippen LogP contribution is -2.32. The van der Waals surface area contributed by atoms with Crippen molar-refractivity contribution in [2.75, 3.05) is 4.90 Å². The Bertz CT molecular complexity index is 1020. The van der Waals surface area contributed by atoms with Gasteiger partial charge in [0.1, 0.15) is 5.15 Å². The topological polar surface area (TPSA) is 16.1 Å². The highest BCUT2D eigenvalue weighted by Gasteiger charge is 2.41. The molecule has 2 aliphatic rings. The number of hydrogen-bond donors (Lipinski definition) is 0. The van der Waals surface area contributed by atoms with E-state index in [1.165, 1.54) is 22.5 Å². The Morgan fingerprint density at radius 1 is 0.923 bits per heavy atom. The van der Waals surface area contributed by atoms with Gasteiger partial charge in [0.25, 0.3) is 0 Å². The summed E-state index contributed by atoms with van der Waals surface area (Å²) in [6.07, 6.45) is 8.45. The van der Waals surface area contributed by atoms with Gasteiger partial charge in [-0.15, -0.1) is 0 Å². The molecule has 0 radical (unpaired) electrons. The molecular weight excluding hydrogens is 340 g/mol. The average molecular weight is 357 g/mol. The van der Waals surface area contributed by atoms with Crippen LogP contribution in [0.25, 0.3) is 5.57 Å². The monoisotopic (exact) mass is 356 g/mol. The van der Waals surface area contributed by atoms with Gasteiger partial charge in [0, 0.05) is 23.5 Å². The van der Waals surface area contributed by atoms with Crippen LogP contribution in [0.1, 0.15) is 17.0 Å². The first-order valence-electron chi connectivity index (χ1n) is 8.76. The van der Waals surface area contributed by atoms with Crippen molar-refractivity contribution in [2.24, 2.45) is 0 Å². The Labute approximate surface area is 158 Å². The van der Waals surface area contributed by atoms with Gasteiger partial charge in [-0.05, 0) is 47.0 Å². The van der Waals surface area contributed by atoms with E-state index in [1.54, 1.807) is 6.20 Å². The van der Waals surface area contributed by atoms with Crippen LogP contribution in [0.4, 0.5) is 11.4 Å². The molecule has 2 nitrogen and oxygen atoms in total. The number of hydrogen-bond acceptors (Lipinski definition) is 2. The quantitative estimate of drug-likeness (QED) is 0.524. The van der Waals surface area contributed by atoms with Crippen LogP contribution in [0.15, 0.2) is 91.2 Å². The van der Waals surface area contributed by atoms with E-state index in [0.29, 0.717) is 11.1 Å². The molecule has 1 aliphatic heterocycles. The minimum atomic E-state index is 0.207. The maximum absolute atomic E-state index is 6.18. The van der Waals surface area contributed by atoms with Gasteiger partial charge < -0.3 is 4.90 Å². The number of halogens is 1. The zero-order valence-electron chi connectivity index (χ0n) is 14.1. The highest BCUT2D eigenvalue weighted by Crippen LogP contribution is 2.51. The maximum atomic E-state index is 6.18. The molecule has 3 aromatic rings. The summed E-state index contributed by atoms with van der Waals surface area (Å²) in [5.74, 6) is 0.318. The minimum Gasteiger partial charge on any atom is -0.333 e. The number of rotatable bonds is 2. The largest absolute Gasteiger partial charge is 0.333 e. The van der Waals surface area contributed by atoms with Crippen molar-refractivity contribution in [1.82, 2.24) is 4.98 Å². The van der Waals surface area contributed by atoms with Crippen molar-refractivity contribution in [2.45, 2.75) is 12.0 Å². The van der Waals surface area contributed by atoms with Gasteiger partial charge >= 0.3 is 0 Å². The Balaban J connectivity index is 1.70. The van der Waals surface area contributed by atoms with Gasteiger partial charge in [0.05, 0.1) is 6.04 Å². The molecule has 2 unspecified atom stereocenters. The molecule has 1 aromatic heterocycles. The molecule has 0 amide bonds. The number of fused-ring (bicyclic) bond motifs is 3. The van der Waals surface area contributed by atoms with Crippen molar-refractivity contribution in [3.8, 4) is 0 Å². The fourth-order valence-corrected chi connectivity index (χ4v) is 4.30. The summed E-state index contributed by atoms with van der Waals surface area (Å²) in [7, 11) is 0. The molecule has 1 aliphatic carbocycles. The molecule has 3 heteroatoms. The smallest absolute Gasteiger partial charge is 0.129 e. The van der Waals surface area contributed by atoms with Crippen LogP contribution in [0.2, 0.25) is 5.15 Å². The standard InChI is InChI=1S/C23H17ClN2/c24-22-15-16(13-14-25-22)18-10-6-11-20-19-9-4-5-12-21(19)26(23(18)20)17-7-2-1-3-8-17/h1-15,20,23H. The molecule has 126 valence electrons. The van der Waals surface area contributed by atoms with Crippen molar-refractivity contribution < 1.29 is 0 Å². The van der Waals surface area contributed by atoms with Gasteiger partial charge in [-0.2, -0.15) is 0 Å². The Morgan fingerprint density at radius 3 is 2.58 bits per heavy atom. The fourth-order valence-electron chi connectivity index (χ4n) is 4.13. The first-order chi connectivity index (χ1) is 12.8. The van der Waals surface area contributed by atoms with Gasteiger partial charge in [0.2, 0.25) is 0 Å². The number of aromatic nitrogens is 1. The van der Waals surface area contributed by atoms with Gasteiger partial charge in [0.15, 0.2) is 0 Å². The second-order valence-electron chi connectivity index (χ2n) is 6.61. The predicted molar refractivity (Wildman–Crippen MR) is 108 cm³/mol. The third kappa shape index (κ3) is 2.38. The maximum Gasteiger partial charge on any atom is 0.129 e. The molecule has 2 aromatic carbocycles. The summed E-state index contributed by atoms with van der Waals surface area (Å²) in [5.41, 5.74) is 6.23. The van der Waals surface area contributed by atoms with E-state index in [9.17, 15) is 0 Å². The normalized spacial score (nSPS) is 20.5. The predicted octanol–water partition coefficient (Wildman–Crippen LogP) is 5.99. The highest BCUT2D eigenvalue weighted by molar-refractivity contribution is 6.29. The second kappa shape index (κ2) is 6.15. The summed E-state index contributed by atoms with van der Waals surface area (Å²) >= 11 is 6.18. The van der Waals surface area contributed by atoms with Crippen LogP contribution >= 0.6 is 11.6 Å². The number of para-hydroxylation sites is 2. The van der Waals surface area contributed by atoms with Crippen molar-refractivity contribution in [1.29, 1.82) is 0 Å². The van der Waals surface area contributed by atoms with Crippen molar-refractivity contribution in [3.63, 3.8) is 0 Å². The van der Waals surface area contributed by atoms with Crippen LogP contribution in [0.5, 0.6) is 0 Å². The molecule has 0 saturated carbocycles. The van der Waals surface area contributed by atoms with E-state index in [2.05, 4.69) is 82.7 Å². The van der Waals surface area contributed by atoms with Gasteiger partial charge in [-0.1, -0.05) is 66.2 Å². The molecule has 0 bridgehead atoms. The first-order valence-corrected chi connectivity index (χ1v) is 9.14. The van der Waals surface area contributed by atoms with E-state index in [4.69, 9.17) is 11.6 Å². The SMILES string of the molecule is Clc1cc(C2=CC=CC3c4ccccc4N(c4ccccc4)C23)ccn1. The van der Waals surface area contributed by atoms with E-state index in [-0.39, 0.29) is 6.04 Å². The second-order valence-corrected chi connectivity index (χ2v) is 7.00. The molecule has 0 saturated heterocycles. The third-order valence-corrected chi connectivity index (χ3v) is 5.39. The number of nitrogens with zero attached hydrogens (tertiary/aromatic N) is 2. The van der Waals surface area contributed by atoms with Gasteiger partial charge in [-0.25, -0.2) is 4.98 Å². The summed E-state index contributed by atoms with van der Waals surface area (Å²) < 4.78 is 0. The highest BCUT2D eigenvalue weighted by atomic mass is 35.5. The molecule has 2 heterocycles. The minimum absolute atomic E-state index is 0.207. The van der Waals surface area contributed by atoms with E-state index in [0.717, 1.165) is 5.56 Å². The molecule has 0 N–H and O–H groups in total. The van der Waals surface area contributed by atoms with Gasteiger partial charge in [-0.3, -0.25) is 0 Å². The summed E-state index contributed by atoms with van der Waals surface area (Å²) in [6, 6.07) is 23.5. The van der Waals surface area contributed by atoms with Crippen LogP contribution in [0.3, 0.4) is 0 Å². The summed E-state index contributed by atoms with van der Waals surface area (Å²) in [4.78, 5) is 6.59. The Morgan fingerprint density at radius 2 is 1.73 bits per heavy atom. The molecule has 26 heavy (non-hydrogen) atoms. The van der Waals surface area contributed by atoms with Crippen molar-refractivity contribution in [3.05, 3.63) is 107 Å². The zero-order valence-corrected chi connectivity index (χ0v) is 14.8. The van der Waals surface area contributed by atoms with Crippen LogP contribution in [-0.2, 0) is 0 Å². The molecule has 5 rings (SSSR count). The molecule has 0 spiro atoms. The van der Waals surface area contributed by atoms with Crippen LogP contribution < -0.4 is 4.90 Å². The van der Waals surface area contributed by atoms with E-state index in [1.807, 2.05) is 12.1 Å². The van der Waals surface area contributed by atoms with Crippen LogP contribution in [-0.4, -0.2) is 11.0 Å². The lowest BCUT2D eigenvalue weighted by molar-refractivity contribution is 0.761. The van der Waals surface area contributed by atoms with E-state index < -0.39 is 0 Å². The first kappa shape index (κ1) is 15.4. The lowest BCUT2D eigenvalue weighted by atomic mass is 9.83. The Kier molecular flexibility index (Phi) is 3.65. The Hall–Kier alpha value is -2.84. The van der Waals surface area contributed by atoms with Crippen LogP contribution in [0, 0.1) is 0 Å². The van der Waals surface area contributed by atoms with E-state index >= 15 is 0 Å². The number of benzene rings is 2. The summed E-state index contributed by atoms with van der Waals surface area (Å²) in [6.45, 7) is 0.